The van der Waals surface area contributed by atoms with E-state index in [0.29, 0.717) is 43.1 Å². The van der Waals surface area contributed by atoms with Crippen molar-refractivity contribution in [3.8, 4) is 5.75 Å². The molecule has 2 aromatic rings. The van der Waals surface area contributed by atoms with E-state index in [1.807, 2.05) is 6.07 Å². The summed E-state index contributed by atoms with van der Waals surface area (Å²) in [5, 5.41) is 5.86. The molecule has 0 bridgehead atoms. The van der Waals surface area contributed by atoms with Crippen molar-refractivity contribution in [3.05, 3.63) is 58.9 Å². The lowest BCUT2D eigenvalue weighted by Crippen LogP contribution is -2.25. The fraction of sp³-hybridized carbons (Fsp3) is 0.316. The highest BCUT2D eigenvalue weighted by molar-refractivity contribution is 6.04. The van der Waals surface area contributed by atoms with Crippen molar-refractivity contribution in [2.75, 3.05) is 32.2 Å². The zero-order valence-electron chi connectivity index (χ0n) is 14.5. The first kappa shape index (κ1) is 20.2. The molecule has 0 spiro atoms. The van der Waals surface area contributed by atoms with E-state index in [1.54, 1.807) is 37.4 Å². The minimum absolute atomic E-state index is 0. The van der Waals surface area contributed by atoms with Gasteiger partial charge < -0.3 is 20.1 Å². The van der Waals surface area contributed by atoms with E-state index in [-0.39, 0.29) is 29.8 Å². The van der Waals surface area contributed by atoms with Crippen LogP contribution < -0.4 is 15.4 Å². The number of halogens is 2. The second kappa shape index (κ2) is 9.52. The molecule has 3 rings (SSSR count). The van der Waals surface area contributed by atoms with Crippen LogP contribution in [0.3, 0.4) is 0 Å². The first-order chi connectivity index (χ1) is 12.2. The molecule has 0 aliphatic carbocycles. The molecule has 0 aromatic heterocycles. The van der Waals surface area contributed by atoms with Gasteiger partial charge in [0, 0.05) is 19.2 Å². The Bertz CT molecular complexity index is 770. The third-order valence-electron chi connectivity index (χ3n) is 4.11. The Kier molecular flexibility index (Phi) is 7.38. The molecule has 1 aliphatic rings. The van der Waals surface area contributed by atoms with Gasteiger partial charge in [0.15, 0.2) is 0 Å². The molecular weight excluding hydrogens is 359 g/mol. The fourth-order valence-electron chi connectivity index (χ4n) is 2.79. The molecule has 140 valence electrons. The van der Waals surface area contributed by atoms with Crippen molar-refractivity contribution in [1.82, 2.24) is 5.32 Å². The number of hydrogen-bond acceptors (Lipinski definition) is 4. The second-order valence-corrected chi connectivity index (χ2v) is 5.81. The standard InChI is InChI=1S/C19H21FN2O3.ClH/c1-24-9-10-25-15-4-2-3-13(11-15)19(23)22-17-6-5-14-12-21-8-7-16(14)18(17)20;/h2-6,11,21H,7-10,12H2,1H3,(H,22,23);1H. The van der Waals surface area contributed by atoms with Crippen LogP contribution in [-0.2, 0) is 17.7 Å². The van der Waals surface area contributed by atoms with Gasteiger partial charge in [-0.2, -0.15) is 0 Å². The predicted octanol–water partition coefficient (Wildman–Crippen LogP) is 3.17. The van der Waals surface area contributed by atoms with Crippen molar-refractivity contribution in [1.29, 1.82) is 0 Å². The van der Waals surface area contributed by atoms with Crippen LogP contribution >= 0.6 is 12.4 Å². The van der Waals surface area contributed by atoms with Gasteiger partial charge in [-0.25, -0.2) is 4.39 Å². The third-order valence-corrected chi connectivity index (χ3v) is 4.11. The monoisotopic (exact) mass is 380 g/mol. The van der Waals surface area contributed by atoms with Gasteiger partial charge in [-0.15, -0.1) is 12.4 Å². The normalized spacial score (nSPS) is 12.7. The van der Waals surface area contributed by atoms with E-state index in [0.717, 1.165) is 12.1 Å². The number of methoxy groups -OCH3 is 1. The molecule has 0 saturated heterocycles. The average molecular weight is 381 g/mol. The minimum atomic E-state index is -0.370. The van der Waals surface area contributed by atoms with Crippen LogP contribution in [0.2, 0.25) is 0 Å². The van der Waals surface area contributed by atoms with Gasteiger partial charge in [-0.3, -0.25) is 4.79 Å². The number of amides is 1. The highest BCUT2D eigenvalue weighted by atomic mass is 35.5. The van der Waals surface area contributed by atoms with Crippen molar-refractivity contribution in [2.24, 2.45) is 0 Å². The SMILES string of the molecule is COCCOc1cccc(C(=O)Nc2ccc3c(c2F)CCNC3)c1.Cl. The highest BCUT2D eigenvalue weighted by Crippen LogP contribution is 2.25. The molecule has 0 unspecified atom stereocenters. The number of anilines is 1. The number of carbonyl (C=O) groups is 1. The van der Waals surface area contributed by atoms with Crippen LogP contribution in [0.15, 0.2) is 36.4 Å². The number of ether oxygens (including phenoxy) is 2. The molecule has 2 aromatic carbocycles. The minimum Gasteiger partial charge on any atom is -0.491 e. The Hall–Kier alpha value is -2.15. The lowest BCUT2D eigenvalue weighted by molar-refractivity contribution is 0.102. The third kappa shape index (κ3) is 4.72. The molecule has 7 heteroatoms. The summed E-state index contributed by atoms with van der Waals surface area (Å²) in [5.74, 6) is -0.147. The zero-order valence-corrected chi connectivity index (χ0v) is 15.3. The van der Waals surface area contributed by atoms with Gasteiger partial charge in [-0.1, -0.05) is 12.1 Å². The summed E-state index contributed by atoms with van der Waals surface area (Å²) in [4.78, 5) is 12.4. The average Bonchev–Trinajstić information content (AvgIpc) is 2.65. The van der Waals surface area contributed by atoms with Crippen LogP contribution in [-0.4, -0.2) is 32.8 Å². The van der Waals surface area contributed by atoms with E-state index < -0.39 is 0 Å². The van der Waals surface area contributed by atoms with E-state index in [4.69, 9.17) is 9.47 Å². The summed E-state index contributed by atoms with van der Waals surface area (Å²) < 4.78 is 25.1. The Morgan fingerprint density at radius 2 is 2.12 bits per heavy atom. The van der Waals surface area contributed by atoms with Crippen LogP contribution in [0.4, 0.5) is 10.1 Å². The summed E-state index contributed by atoms with van der Waals surface area (Å²) >= 11 is 0. The Labute approximate surface area is 158 Å². The van der Waals surface area contributed by atoms with Crippen molar-refractivity contribution in [3.63, 3.8) is 0 Å². The van der Waals surface area contributed by atoms with Gasteiger partial charge in [0.25, 0.3) is 5.91 Å². The highest BCUT2D eigenvalue weighted by Gasteiger charge is 2.18. The van der Waals surface area contributed by atoms with Crippen molar-refractivity contribution >= 4 is 24.0 Å². The molecule has 0 atom stereocenters. The van der Waals surface area contributed by atoms with Crippen LogP contribution in [0.1, 0.15) is 21.5 Å². The lowest BCUT2D eigenvalue weighted by Gasteiger charge is -2.19. The maximum Gasteiger partial charge on any atom is 0.255 e. The molecule has 1 heterocycles. The molecule has 1 aliphatic heterocycles. The predicted molar refractivity (Wildman–Crippen MR) is 101 cm³/mol. The number of carbonyl (C=O) groups excluding carboxylic acids is 1. The molecule has 0 radical (unpaired) electrons. The number of hydrogen-bond donors (Lipinski definition) is 2. The molecule has 0 fully saturated rings. The van der Waals surface area contributed by atoms with Gasteiger partial charge in [-0.05, 0) is 48.4 Å². The Morgan fingerprint density at radius 1 is 1.27 bits per heavy atom. The van der Waals surface area contributed by atoms with Gasteiger partial charge in [0.05, 0.1) is 12.3 Å². The topological polar surface area (TPSA) is 59.6 Å². The first-order valence-electron chi connectivity index (χ1n) is 8.23. The van der Waals surface area contributed by atoms with E-state index in [2.05, 4.69) is 10.6 Å². The van der Waals surface area contributed by atoms with E-state index >= 15 is 0 Å². The number of fused-ring (bicyclic) bond motifs is 1. The van der Waals surface area contributed by atoms with Crippen LogP contribution in [0, 0.1) is 5.82 Å². The first-order valence-corrected chi connectivity index (χ1v) is 8.23. The lowest BCUT2D eigenvalue weighted by atomic mass is 9.99. The van der Waals surface area contributed by atoms with E-state index in [9.17, 15) is 9.18 Å². The quantitative estimate of drug-likeness (QED) is 0.756. The summed E-state index contributed by atoms with van der Waals surface area (Å²) in [6.07, 6.45) is 0.619. The van der Waals surface area contributed by atoms with Crippen LogP contribution in [0.25, 0.3) is 0 Å². The number of nitrogens with one attached hydrogen (secondary N) is 2. The molecule has 0 saturated carbocycles. The smallest absolute Gasteiger partial charge is 0.255 e. The summed E-state index contributed by atoms with van der Waals surface area (Å²) in [5.41, 5.74) is 2.23. The molecule has 1 amide bonds. The summed E-state index contributed by atoms with van der Waals surface area (Å²) in [7, 11) is 1.59. The fourth-order valence-corrected chi connectivity index (χ4v) is 2.79. The van der Waals surface area contributed by atoms with Crippen molar-refractivity contribution in [2.45, 2.75) is 13.0 Å². The van der Waals surface area contributed by atoms with E-state index in [1.165, 1.54) is 0 Å². The summed E-state index contributed by atoms with van der Waals surface area (Å²) in [6, 6.07) is 10.2. The number of rotatable bonds is 6. The largest absolute Gasteiger partial charge is 0.491 e. The van der Waals surface area contributed by atoms with Crippen LogP contribution in [0.5, 0.6) is 5.75 Å². The molecular formula is C19H22ClFN2O3. The zero-order chi connectivity index (χ0) is 17.6. The van der Waals surface area contributed by atoms with Gasteiger partial charge in [0.2, 0.25) is 0 Å². The molecule has 5 nitrogen and oxygen atoms in total. The maximum atomic E-state index is 14.6. The second-order valence-electron chi connectivity index (χ2n) is 5.81. The van der Waals surface area contributed by atoms with Gasteiger partial charge >= 0.3 is 0 Å². The summed E-state index contributed by atoms with van der Waals surface area (Å²) in [6.45, 7) is 2.25. The maximum absolute atomic E-state index is 14.6. The molecule has 26 heavy (non-hydrogen) atoms. The Balaban J connectivity index is 0.00000243. The molecule has 2 N–H and O–H groups in total. The van der Waals surface area contributed by atoms with Gasteiger partial charge in [0.1, 0.15) is 18.2 Å². The van der Waals surface area contributed by atoms with Crippen molar-refractivity contribution < 1.29 is 18.7 Å². The Morgan fingerprint density at radius 3 is 2.92 bits per heavy atom. The number of benzene rings is 2.